The van der Waals surface area contributed by atoms with E-state index >= 15 is 0 Å². The zero-order chi connectivity index (χ0) is 25.0. The van der Waals surface area contributed by atoms with Crippen molar-refractivity contribution in [2.24, 2.45) is 4.99 Å². The number of amides is 1. The quantitative estimate of drug-likeness (QED) is 0.290. The van der Waals surface area contributed by atoms with Gasteiger partial charge in [-0.2, -0.15) is 14.6 Å². The summed E-state index contributed by atoms with van der Waals surface area (Å²) in [5.74, 6) is 0.700. The molecule has 0 spiro atoms. The Kier molecular flexibility index (Phi) is 4.88. The minimum Gasteiger partial charge on any atom is -0.493 e. The Labute approximate surface area is 202 Å². The van der Waals surface area contributed by atoms with Crippen molar-refractivity contribution in [2.45, 2.75) is 25.8 Å². The molecule has 0 radical (unpaired) electrons. The third-order valence-corrected chi connectivity index (χ3v) is 5.87. The summed E-state index contributed by atoms with van der Waals surface area (Å²) in [5, 5.41) is 18.1. The summed E-state index contributed by atoms with van der Waals surface area (Å²) in [6, 6.07) is 7.11. The van der Waals surface area contributed by atoms with Crippen LogP contribution in [0.3, 0.4) is 0 Å². The number of carbonyl (C=O) groups excluding carboxylic acids is 1. The molecule has 0 aliphatic heterocycles. The van der Waals surface area contributed by atoms with Crippen LogP contribution in [0.2, 0.25) is 0 Å². The van der Waals surface area contributed by atoms with Crippen LogP contribution >= 0.6 is 0 Å². The number of fused-ring (bicyclic) bond motifs is 2. The monoisotopic (exact) mass is 487 g/mol. The van der Waals surface area contributed by atoms with Crippen LogP contribution in [0.1, 0.15) is 34.7 Å². The summed E-state index contributed by atoms with van der Waals surface area (Å²) in [7, 11) is 1.56. The van der Waals surface area contributed by atoms with Gasteiger partial charge in [-0.25, -0.2) is 4.79 Å². The van der Waals surface area contributed by atoms with Gasteiger partial charge in [-0.05, 0) is 44.0 Å². The van der Waals surface area contributed by atoms with Gasteiger partial charge in [-0.1, -0.05) is 0 Å². The zero-order valence-corrected chi connectivity index (χ0v) is 19.3. The van der Waals surface area contributed by atoms with Gasteiger partial charge in [0.05, 0.1) is 17.8 Å². The van der Waals surface area contributed by atoms with Crippen LogP contribution < -0.4 is 26.4 Å². The van der Waals surface area contributed by atoms with E-state index in [4.69, 9.17) is 14.1 Å². The summed E-state index contributed by atoms with van der Waals surface area (Å²) in [4.78, 5) is 38.0. The summed E-state index contributed by atoms with van der Waals surface area (Å²) in [5.41, 5.74) is 1.68. The molecule has 0 atom stereocenters. The number of nitrogens with one attached hydrogen (secondary N) is 3. The molecule has 12 heteroatoms. The first-order valence-corrected chi connectivity index (χ1v) is 11.3. The van der Waals surface area contributed by atoms with Gasteiger partial charge in [-0.15, -0.1) is 0 Å². The second kappa shape index (κ2) is 8.12. The third-order valence-electron chi connectivity index (χ3n) is 5.87. The van der Waals surface area contributed by atoms with Gasteiger partial charge in [0.2, 0.25) is 11.8 Å². The van der Waals surface area contributed by atoms with E-state index in [9.17, 15) is 14.7 Å². The first-order chi connectivity index (χ1) is 17.4. The summed E-state index contributed by atoms with van der Waals surface area (Å²) < 4.78 is 13.4. The van der Waals surface area contributed by atoms with Gasteiger partial charge in [-0.3, -0.25) is 14.8 Å². The molecule has 12 nitrogen and oxygen atoms in total. The van der Waals surface area contributed by atoms with E-state index in [-0.39, 0.29) is 29.4 Å². The van der Waals surface area contributed by atoms with Crippen LogP contribution in [0.5, 0.6) is 17.5 Å². The fraction of sp³-hybridized carbons (Fsp3) is 0.208. The first-order valence-electron chi connectivity index (χ1n) is 11.3. The largest absolute Gasteiger partial charge is 0.493 e. The maximum absolute atomic E-state index is 12.4. The zero-order valence-electron chi connectivity index (χ0n) is 19.3. The van der Waals surface area contributed by atoms with Crippen molar-refractivity contribution in [3.63, 3.8) is 0 Å². The number of hydrogen-bond donors (Lipinski definition) is 4. The van der Waals surface area contributed by atoms with E-state index in [1.54, 1.807) is 55.0 Å². The Hall–Kier alpha value is -4.87. The lowest BCUT2D eigenvalue weighted by Gasteiger charge is -2.06. The number of H-pyrrole nitrogens is 2. The Balaban J connectivity index is 1.48. The van der Waals surface area contributed by atoms with E-state index in [0.29, 0.717) is 44.4 Å². The van der Waals surface area contributed by atoms with E-state index in [0.717, 1.165) is 12.8 Å². The Morgan fingerprint density at radius 2 is 2.17 bits per heavy atom. The lowest BCUT2D eigenvalue weighted by molar-refractivity contribution is 0.0963. The van der Waals surface area contributed by atoms with E-state index in [2.05, 4.69) is 25.4 Å². The van der Waals surface area contributed by atoms with Crippen LogP contribution in [0.4, 0.5) is 0 Å². The van der Waals surface area contributed by atoms with Crippen LogP contribution in [0, 0.1) is 6.92 Å². The average molecular weight is 487 g/mol. The number of carbonyl (C=O) groups is 1. The standard InChI is InChI=1S/C24H21N7O5/c1-11-20(23(33)25-2)15-8-14(5-6-17(15)35-11)36-19-9-18(27-13-3-4-13)31-21(29-19)12(10-26-31)7-16-22(32)30-24(34)28-16/h5-10,13,32H,3-4H2,1-2H3,(H,25,33)(H2,28,30,34). The van der Waals surface area contributed by atoms with Gasteiger partial charge in [0.1, 0.15) is 22.8 Å². The van der Waals surface area contributed by atoms with Gasteiger partial charge in [0.25, 0.3) is 5.91 Å². The molecule has 182 valence electrons. The van der Waals surface area contributed by atoms with E-state index < -0.39 is 5.69 Å². The number of hydrogen-bond acceptors (Lipinski definition) is 8. The molecule has 1 aromatic carbocycles. The molecule has 0 bridgehead atoms. The molecule has 1 aliphatic carbocycles. The summed E-state index contributed by atoms with van der Waals surface area (Å²) in [6.07, 6.45) is 5.12. The van der Waals surface area contributed by atoms with Crippen molar-refractivity contribution in [2.75, 3.05) is 7.05 Å². The molecule has 1 aliphatic rings. The normalized spacial score (nSPS) is 14.7. The minimum atomic E-state index is -0.530. The summed E-state index contributed by atoms with van der Waals surface area (Å²) in [6.45, 7) is 1.74. The van der Waals surface area contributed by atoms with Crippen molar-refractivity contribution >= 4 is 28.6 Å². The maximum Gasteiger partial charge on any atom is 0.326 e. The number of aryl methyl sites for hydroxylation is 1. The number of ether oxygens (including phenoxy) is 1. The van der Waals surface area contributed by atoms with Crippen molar-refractivity contribution in [1.29, 1.82) is 0 Å². The molecule has 36 heavy (non-hydrogen) atoms. The van der Waals surface area contributed by atoms with Gasteiger partial charge < -0.3 is 24.6 Å². The molecule has 5 aromatic rings. The average Bonchev–Trinajstić information content (AvgIpc) is 3.35. The minimum absolute atomic E-state index is 0.200. The Morgan fingerprint density at radius 3 is 2.89 bits per heavy atom. The molecule has 0 saturated heterocycles. The molecule has 4 aromatic heterocycles. The molecule has 1 saturated carbocycles. The fourth-order valence-electron chi connectivity index (χ4n) is 4.02. The Morgan fingerprint density at radius 1 is 1.33 bits per heavy atom. The number of aromatic amines is 2. The third kappa shape index (κ3) is 3.78. The van der Waals surface area contributed by atoms with Crippen molar-refractivity contribution in [1.82, 2.24) is 29.9 Å². The number of furan rings is 1. The van der Waals surface area contributed by atoms with Gasteiger partial charge in [0.15, 0.2) is 11.1 Å². The first kappa shape index (κ1) is 21.6. The lowest BCUT2D eigenvalue weighted by Crippen LogP contribution is -2.19. The number of rotatable bonds is 5. The highest BCUT2D eigenvalue weighted by Gasteiger charge is 2.21. The molecule has 0 unspecified atom stereocenters. The topological polar surface area (TPSA) is 163 Å². The SMILES string of the molecule is CNC(=O)c1c(C)oc2ccc(Oc3cc(=NC4CC4)n4ncc(=Cc5[nH]c(=O)[nH]c5O)c4n3)cc12. The number of imidazole rings is 1. The highest BCUT2D eigenvalue weighted by Crippen LogP contribution is 2.30. The molecule has 4 heterocycles. The van der Waals surface area contributed by atoms with Crippen LogP contribution in [-0.4, -0.2) is 48.7 Å². The Bertz CT molecular complexity index is 1840. The van der Waals surface area contributed by atoms with Gasteiger partial charge >= 0.3 is 5.69 Å². The fourth-order valence-corrected chi connectivity index (χ4v) is 4.02. The van der Waals surface area contributed by atoms with Crippen LogP contribution in [-0.2, 0) is 0 Å². The molecule has 1 amide bonds. The predicted octanol–water partition coefficient (Wildman–Crippen LogP) is 1.27. The van der Waals surface area contributed by atoms with Crippen molar-refractivity contribution in [3.8, 4) is 17.5 Å². The van der Waals surface area contributed by atoms with Crippen molar-refractivity contribution < 1.29 is 19.1 Å². The molecule has 1 fully saturated rings. The maximum atomic E-state index is 12.4. The summed E-state index contributed by atoms with van der Waals surface area (Å²) >= 11 is 0. The van der Waals surface area contributed by atoms with Crippen LogP contribution in [0.25, 0.3) is 22.7 Å². The van der Waals surface area contributed by atoms with Gasteiger partial charge in [0, 0.05) is 23.7 Å². The molecule has 4 N–H and O–H groups in total. The highest BCUT2D eigenvalue weighted by molar-refractivity contribution is 6.07. The smallest absolute Gasteiger partial charge is 0.326 e. The molecular weight excluding hydrogens is 466 g/mol. The number of nitrogens with zero attached hydrogens (tertiary/aromatic N) is 4. The van der Waals surface area contributed by atoms with Crippen molar-refractivity contribution in [3.05, 3.63) is 68.7 Å². The highest BCUT2D eigenvalue weighted by atomic mass is 16.5. The van der Waals surface area contributed by atoms with E-state index in [1.807, 2.05) is 0 Å². The molecule has 6 rings (SSSR count). The second-order valence-electron chi connectivity index (χ2n) is 8.51. The number of aromatic hydroxyl groups is 1. The number of aromatic nitrogens is 5. The predicted molar refractivity (Wildman–Crippen MR) is 128 cm³/mol. The number of benzene rings is 1. The second-order valence-corrected chi connectivity index (χ2v) is 8.51. The lowest BCUT2D eigenvalue weighted by atomic mass is 10.1. The van der Waals surface area contributed by atoms with E-state index in [1.165, 1.54) is 0 Å². The molecular formula is C24H21N7O5. The van der Waals surface area contributed by atoms with Crippen LogP contribution in [0.15, 0.2) is 44.7 Å².